The number of anilines is 1. The SMILES string of the molecule is CC1CCCN(c2cnn(C[B-](F)(F)F)c(=O)c2)C1.[K+]. The van der Waals surface area contributed by atoms with Gasteiger partial charge in [0.05, 0.1) is 11.9 Å². The first-order chi connectivity index (χ1) is 8.85. The fourth-order valence-electron chi connectivity index (χ4n) is 2.35. The number of nitrogens with zero attached hydrogens (tertiary/aromatic N) is 3. The van der Waals surface area contributed by atoms with Crippen LogP contribution in [0.5, 0.6) is 0 Å². The predicted molar refractivity (Wildman–Crippen MR) is 68.2 cm³/mol. The summed E-state index contributed by atoms with van der Waals surface area (Å²) in [6, 6.07) is 1.24. The van der Waals surface area contributed by atoms with E-state index in [2.05, 4.69) is 12.0 Å². The van der Waals surface area contributed by atoms with Gasteiger partial charge in [0, 0.05) is 25.6 Å². The number of rotatable bonds is 3. The van der Waals surface area contributed by atoms with Gasteiger partial charge in [-0.1, -0.05) is 6.92 Å². The van der Waals surface area contributed by atoms with Crippen molar-refractivity contribution in [1.82, 2.24) is 9.78 Å². The summed E-state index contributed by atoms with van der Waals surface area (Å²) in [4.78, 5) is 13.6. The first kappa shape index (κ1) is 18.2. The standard InChI is InChI=1S/C11H16BF3N3O.K/c1-9-3-2-4-17(7-9)10-5-11(19)18(16-6-10)8-12(13,14)15;/h5-6,9H,2-4,7-8H2,1H3;/q-1;+1. The number of halogens is 3. The first-order valence-electron chi connectivity index (χ1n) is 6.38. The van der Waals surface area contributed by atoms with Crippen LogP contribution in [0.4, 0.5) is 18.6 Å². The Morgan fingerprint density at radius 3 is 2.70 bits per heavy atom. The number of hydrogen-bond donors (Lipinski definition) is 0. The van der Waals surface area contributed by atoms with Crippen LogP contribution in [0.25, 0.3) is 0 Å². The fourth-order valence-corrected chi connectivity index (χ4v) is 2.35. The molecule has 1 saturated heterocycles. The molecular weight excluding hydrogens is 297 g/mol. The molecule has 2 rings (SSSR count). The van der Waals surface area contributed by atoms with Crippen LogP contribution in [0.2, 0.25) is 0 Å². The summed E-state index contributed by atoms with van der Waals surface area (Å²) in [6.45, 7) is -1.30. The van der Waals surface area contributed by atoms with Gasteiger partial charge in [0.1, 0.15) is 0 Å². The van der Waals surface area contributed by atoms with Crippen molar-refractivity contribution in [2.75, 3.05) is 18.0 Å². The molecule has 0 saturated carbocycles. The molecule has 0 radical (unpaired) electrons. The number of hydrogen-bond acceptors (Lipinski definition) is 3. The molecule has 106 valence electrons. The van der Waals surface area contributed by atoms with Crippen molar-refractivity contribution in [2.24, 2.45) is 5.92 Å². The molecule has 0 aromatic carbocycles. The van der Waals surface area contributed by atoms with E-state index in [4.69, 9.17) is 0 Å². The minimum absolute atomic E-state index is 0. The third kappa shape index (κ3) is 5.18. The van der Waals surface area contributed by atoms with Gasteiger partial charge in [-0.2, -0.15) is 5.10 Å². The molecule has 0 bridgehead atoms. The quantitative estimate of drug-likeness (QED) is 0.663. The Morgan fingerprint density at radius 1 is 1.45 bits per heavy atom. The Kier molecular flexibility index (Phi) is 6.78. The van der Waals surface area contributed by atoms with Gasteiger partial charge in [0.25, 0.3) is 5.56 Å². The van der Waals surface area contributed by atoms with Crippen molar-refractivity contribution in [3.05, 3.63) is 22.6 Å². The van der Waals surface area contributed by atoms with Crippen molar-refractivity contribution in [3.63, 3.8) is 0 Å². The summed E-state index contributed by atoms with van der Waals surface area (Å²) in [5.74, 6) is 0.523. The van der Waals surface area contributed by atoms with Crippen LogP contribution in [0.3, 0.4) is 0 Å². The monoisotopic (exact) mass is 313 g/mol. The number of aromatic nitrogens is 2. The molecule has 1 aliphatic rings. The average molecular weight is 313 g/mol. The van der Waals surface area contributed by atoms with Crippen LogP contribution in [-0.2, 0) is 6.44 Å². The smallest absolute Gasteiger partial charge is 0.448 e. The summed E-state index contributed by atoms with van der Waals surface area (Å²) in [5.41, 5.74) is -0.0857. The van der Waals surface area contributed by atoms with Crippen LogP contribution in [0.15, 0.2) is 17.1 Å². The molecule has 2 heterocycles. The first-order valence-corrected chi connectivity index (χ1v) is 6.38. The minimum atomic E-state index is -5.05. The van der Waals surface area contributed by atoms with Crippen LogP contribution < -0.4 is 61.8 Å². The number of piperidine rings is 1. The molecular formula is C11H16BF3KN3O. The largest absolute Gasteiger partial charge is 1.00 e. The second kappa shape index (κ2) is 7.44. The van der Waals surface area contributed by atoms with E-state index in [9.17, 15) is 17.7 Å². The molecule has 1 aromatic rings. The van der Waals surface area contributed by atoms with Crippen molar-refractivity contribution >= 4 is 12.7 Å². The second-order valence-electron chi connectivity index (χ2n) is 5.14. The van der Waals surface area contributed by atoms with Crippen LogP contribution in [0, 0.1) is 5.92 Å². The average Bonchev–Trinajstić information content (AvgIpc) is 2.30. The zero-order valence-electron chi connectivity index (χ0n) is 11.7. The van der Waals surface area contributed by atoms with E-state index >= 15 is 0 Å². The summed E-state index contributed by atoms with van der Waals surface area (Å²) in [6.07, 6.45) is 2.23. The van der Waals surface area contributed by atoms with E-state index in [-0.39, 0.29) is 51.4 Å². The maximum absolute atomic E-state index is 12.3. The van der Waals surface area contributed by atoms with Crippen LogP contribution in [-0.4, -0.2) is 29.8 Å². The summed E-state index contributed by atoms with van der Waals surface area (Å²) in [7, 11) is 0. The summed E-state index contributed by atoms with van der Waals surface area (Å²) < 4.78 is 37.3. The van der Waals surface area contributed by atoms with Gasteiger partial charge < -0.3 is 17.8 Å². The van der Waals surface area contributed by atoms with Gasteiger partial charge in [-0.15, -0.1) is 0 Å². The molecule has 1 atom stereocenters. The van der Waals surface area contributed by atoms with E-state index in [1.54, 1.807) is 0 Å². The van der Waals surface area contributed by atoms with E-state index in [0.29, 0.717) is 16.3 Å². The zero-order valence-corrected chi connectivity index (χ0v) is 14.9. The third-order valence-electron chi connectivity index (χ3n) is 3.26. The second-order valence-corrected chi connectivity index (χ2v) is 5.14. The summed E-state index contributed by atoms with van der Waals surface area (Å²) >= 11 is 0. The molecule has 4 nitrogen and oxygen atoms in total. The zero-order chi connectivity index (χ0) is 14.0. The van der Waals surface area contributed by atoms with Gasteiger partial charge >= 0.3 is 58.4 Å². The van der Waals surface area contributed by atoms with Gasteiger partial charge in [0.15, 0.2) is 0 Å². The van der Waals surface area contributed by atoms with Crippen molar-refractivity contribution in [1.29, 1.82) is 0 Å². The van der Waals surface area contributed by atoms with Crippen LogP contribution in [0.1, 0.15) is 19.8 Å². The van der Waals surface area contributed by atoms with E-state index in [0.717, 1.165) is 25.9 Å². The molecule has 0 spiro atoms. The molecule has 1 aliphatic heterocycles. The molecule has 20 heavy (non-hydrogen) atoms. The molecule has 1 unspecified atom stereocenters. The van der Waals surface area contributed by atoms with E-state index < -0.39 is 19.0 Å². The molecule has 0 N–H and O–H groups in total. The Balaban J connectivity index is 0.00000200. The topological polar surface area (TPSA) is 38.1 Å². The van der Waals surface area contributed by atoms with Gasteiger partial charge in [-0.3, -0.25) is 9.48 Å². The van der Waals surface area contributed by atoms with Crippen molar-refractivity contribution in [2.45, 2.75) is 26.2 Å². The third-order valence-corrected chi connectivity index (χ3v) is 3.26. The Labute approximate surface area is 158 Å². The fraction of sp³-hybridized carbons (Fsp3) is 0.636. The Hall–Kier alpha value is 0.171. The molecule has 0 aliphatic carbocycles. The van der Waals surface area contributed by atoms with Crippen molar-refractivity contribution < 1.29 is 64.3 Å². The van der Waals surface area contributed by atoms with Gasteiger partial charge in [-0.05, 0) is 18.8 Å². The Morgan fingerprint density at radius 2 is 2.15 bits per heavy atom. The molecule has 9 heteroatoms. The van der Waals surface area contributed by atoms with Crippen molar-refractivity contribution in [3.8, 4) is 0 Å². The predicted octanol–water partition coefficient (Wildman–Crippen LogP) is -1.13. The van der Waals surface area contributed by atoms with E-state index in [1.807, 2.05) is 4.90 Å². The summed E-state index contributed by atoms with van der Waals surface area (Å²) in [5, 5.41) is 3.62. The molecule has 0 amide bonds. The molecule has 1 aromatic heterocycles. The van der Waals surface area contributed by atoms with Gasteiger partial charge in [0.2, 0.25) is 0 Å². The Bertz CT molecular complexity index is 508. The maximum Gasteiger partial charge on any atom is 1.00 e. The van der Waals surface area contributed by atoms with Gasteiger partial charge in [-0.25, -0.2) is 0 Å². The molecule has 1 fully saturated rings. The van der Waals surface area contributed by atoms with Crippen LogP contribution >= 0.6 is 0 Å². The van der Waals surface area contributed by atoms with E-state index in [1.165, 1.54) is 12.3 Å². The maximum atomic E-state index is 12.3. The minimum Gasteiger partial charge on any atom is -0.448 e. The normalized spacial score (nSPS) is 19.6.